The third-order valence-electron chi connectivity index (χ3n) is 1.91. The summed E-state index contributed by atoms with van der Waals surface area (Å²) in [6.45, 7) is 5.69. The Kier molecular flexibility index (Phi) is 3.38. The molecule has 0 spiro atoms. The lowest BCUT2D eigenvalue weighted by Crippen LogP contribution is -1.91. The van der Waals surface area contributed by atoms with Crippen LogP contribution in [-0.2, 0) is 0 Å². The van der Waals surface area contributed by atoms with Crippen LogP contribution < -0.4 is 4.74 Å². The first-order valence-electron chi connectivity index (χ1n) is 3.99. The molecule has 0 amide bonds. The van der Waals surface area contributed by atoms with Gasteiger partial charge in [0.2, 0.25) is 0 Å². The quantitative estimate of drug-likeness (QED) is 0.718. The van der Waals surface area contributed by atoms with Crippen molar-refractivity contribution in [1.82, 2.24) is 0 Å². The minimum absolute atomic E-state index is 0.626. The molecule has 0 aromatic heterocycles. The maximum atomic E-state index is 5.96. The highest BCUT2D eigenvalue weighted by molar-refractivity contribution is 6.32. The summed E-state index contributed by atoms with van der Waals surface area (Å²) >= 11 is 5.96. The smallest absolute Gasteiger partial charge is 0.137 e. The zero-order chi connectivity index (χ0) is 9.84. The van der Waals surface area contributed by atoms with Crippen LogP contribution in [0.3, 0.4) is 0 Å². The molecular weight excluding hydrogens is 184 g/mol. The molecule has 1 aromatic rings. The molecule has 1 radical (unpaired) electrons. The van der Waals surface area contributed by atoms with Crippen LogP contribution in [0.1, 0.15) is 12.5 Å². The van der Waals surface area contributed by atoms with Gasteiger partial charge in [-0.15, -0.1) is 6.58 Å². The molecule has 0 aliphatic heterocycles. The molecule has 13 heavy (non-hydrogen) atoms. The Morgan fingerprint density at radius 3 is 2.69 bits per heavy atom. The first-order chi connectivity index (χ1) is 6.19. The van der Waals surface area contributed by atoms with E-state index in [1.807, 2.05) is 25.1 Å². The van der Waals surface area contributed by atoms with Crippen molar-refractivity contribution < 1.29 is 4.74 Å². The molecule has 0 heterocycles. The highest BCUT2D eigenvalue weighted by Gasteiger charge is 2.05. The fourth-order valence-corrected chi connectivity index (χ4v) is 1.29. The molecule has 0 aliphatic rings. The maximum absolute atomic E-state index is 5.96. The fraction of sp³-hybridized carbons (Fsp3) is 0.182. The van der Waals surface area contributed by atoms with Gasteiger partial charge in [-0.2, -0.15) is 0 Å². The zero-order valence-electron chi connectivity index (χ0n) is 7.80. The highest BCUT2D eigenvalue weighted by Crippen LogP contribution is 2.27. The first kappa shape index (κ1) is 10.1. The van der Waals surface area contributed by atoms with Crippen molar-refractivity contribution >= 4 is 11.6 Å². The second-order valence-electron chi connectivity index (χ2n) is 2.74. The normalized spacial score (nSPS) is 10.2. The number of benzene rings is 1. The largest absolute Gasteiger partial charge is 0.495 e. The van der Waals surface area contributed by atoms with Crippen molar-refractivity contribution in [3.63, 3.8) is 0 Å². The van der Waals surface area contributed by atoms with Crippen molar-refractivity contribution in [2.75, 3.05) is 7.11 Å². The number of methoxy groups -OCH3 is 1. The predicted octanol–water partition coefficient (Wildman–Crippen LogP) is 3.48. The van der Waals surface area contributed by atoms with Gasteiger partial charge in [0.25, 0.3) is 0 Å². The van der Waals surface area contributed by atoms with Gasteiger partial charge in [-0.3, -0.25) is 0 Å². The summed E-state index contributed by atoms with van der Waals surface area (Å²) in [4.78, 5) is 0. The molecule has 0 aliphatic carbocycles. The highest BCUT2D eigenvalue weighted by atomic mass is 35.5. The second-order valence-corrected chi connectivity index (χ2v) is 3.14. The third-order valence-corrected chi connectivity index (χ3v) is 2.21. The van der Waals surface area contributed by atoms with E-state index >= 15 is 0 Å². The Hall–Kier alpha value is -0.950. The van der Waals surface area contributed by atoms with Crippen LogP contribution in [0.15, 0.2) is 30.9 Å². The number of ether oxygens (including phenoxy) is 1. The number of allylic oxidation sites excluding steroid dienone is 1. The maximum Gasteiger partial charge on any atom is 0.137 e. The van der Waals surface area contributed by atoms with Gasteiger partial charge in [0.1, 0.15) is 5.75 Å². The monoisotopic (exact) mass is 195 g/mol. The summed E-state index contributed by atoms with van der Waals surface area (Å²) in [7, 11) is 1.60. The number of hydrogen-bond acceptors (Lipinski definition) is 1. The van der Waals surface area contributed by atoms with Gasteiger partial charge in [0.05, 0.1) is 12.1 Å². The van der Waals surface area contributed by atoms with Crippen molar-refractivity contribution in [3.05, 3.63) is 47.4 Å². The minimum atomic E-state index is 0.626. The summed E-state index contributed by atoms with van der Waals surface area (Å²) in [5.74, 6) is 1.80. The van der Waals surface area contributed by atoms with Crippen molar-refractivity contribution in [1.29, 1.82) is 0 Å². The second kappa shape index (κ2) is 4.33. The van der Waals surface area contributed by atoms with Crippen LogP contribution in [0.5, 0.6) is 5.75 Å². The van der Waals surface area contributed by atoms with E-state index in [4.69, 9.17) is 16.3 Å². The molecule has 69 valence electrons. The molecular formula is C11H12ClO. The van der Waals surface area contributed by atoms with Gasteiger partial charge in [-0.25, -0.2) is 0 Å². The van der Waals surface area contributed by atoms with E-state index in [1.54, 1.807) is 13.2 Å². The van der Waals surface area contributed by atoms with Crippen molar-refractivity contribution in [3.8, 4) is 5.75 Å². The van der Waals surface area contributed by atoms with E-state index in [-0.39, 0.29) is 0 Å². The summed E-state index contributed by atoms with van der Waals surface area (Å²) in [6.07, 6.45) is 1.80. The molecule has 1 rings (SSSR count). The molecule has 0 bridgehead atoms. The predicted molar refractivity (Wildman–Crippen MR) is 56.2 cm³/mol. The summed E-state index contributed by atoms with van der Waals surface area (Å²) in [5, 5.41) is 0.626. The number of halogens is 1. The van der Waals surface area contributed by atoms with Gasteiger partial charge in [-0.05, 0) is 17.7 Å². The number of rotatable bonds is 3. The van der Waals surface area contributed by atoms with Gasteiger partial charge >= 0.3 is 0 Å². The Morgan fingerprint density at radius 2 is 2.23 bits per heavy atom. The Labute approximate surface area is 84.0 Å². The molecule has 1 nitrogen and oxygen atoms in total. The third kappa shape index (κ3) is 2.25. The van der Waals surface area contributed by atoms with Crippen molar-refractivity contribution in [2.45, 2.75) is 6.92 Å². The van der Waals surface area contributed by atoms with Crippen LogP contribution in [-0.4, -0.2) is 7.11 Å². The molecule has 0 saturated carbocycles. The van der Waals surface area contributed by atoms with Crippen molar-refractivity contribution in [2.24, 2.45) is 0 Å². The SMILES string of the molecule is C=C[C](C)c1ccc(OC)c(Cl)c1. The summed E-state index contributed by atoms with van der Waals surface area (Å²) < 4.78 is 5.05. The molecule has 0 atom stereocenters. The van der Waals surface area contributed by atoms with E-state index < -0.39 is 0 Å². The minimum Gasteiger partial charge on any atom is -0.495 e. The van der Waals surface area contributed by atoms with Crippen LogP contribution >= 0.6 is 11.6 Å². The van der Waals surface area contributed by atoms with E-state index in [2.05, 4.69) is 6.58 Å². The van der Waals surface area contributed by atoms with Crippen LogP contribution in [0.4, 0.5) is 0 Å². The van der Waals surface area contributed by atoms with Crippen LogP contribution in [0, 0.1) is 5.92 Å². The molecule has 1 aromatic carbocycles. The van der Waals surface area contributed by atoms with E-state index in [1.165, 1.54) is 0 Å². The first-order valence-corrected chi connectivity index (χ1v) is 4.36. The summed E-state index contributed by atoms with van der Waals surface area (Å²) in [5.41, 5.74) is 1.07. The lowest BCUT2D eigenvalue weighted by molar-refractivity contribution is 0.415. The summed E-state index contributed by atoms with van der Waals surface area (Å²) in [6, 6.07) is 5.68. The Balaban J connectivity index is 3.02. The standard InChI is InChI=1S/C11H12ClO/c1-4-8(2)9-5-6-11(13-3)10(12)7-9/h4-7H,1H2,2-3H3. The Morgan fingerprint density at radius 1 is 1.54 bits per heavy atom. The molecule has 0 N–H and O–H groups in total. The lowest BCUT2D eigenvalue weighted by Gasteiger charge is -2.08. The van der Waals surface area contributed by atoms with Gasteiger partial charge in [0.15, 0.2) is 0 Å². The average Bonchev–Trinajstić information content (AvgIpc) is 2.16. The zero-order valence-corrected chi connectivity index (χ0v) is 8.56. The Bertz CT molecular complexity index is 307. The van der Waals surface area contributed by atoms with Gasteiger partial charge < -0.3 is 4.74 Å². The van der Waals surface area contributed by atoms with Crippen LogP contribution in [0.2, 0.25) is 5.02 Å². The van der Waals surface area contributed by atoms with E-state index in [0.717, 1.165) is 11.5 Å². The average molecular weight is 196 g/mol. The topological polar surface area (TPSA) is 9.23 Å². The number of hydrogen-bond donors (Lipinski definition) is 0. The van der Waals surface area contributed by atoms with Gasteiger partial charge in [0, 0.05) is 5.92 Å². The fourth-order valence-electron chi connectivity index (χ4n) is 1.03. The molecule has 2 heteroatoms. The molecule has 0 fully saturated rings. The van der Waals surface area contributed by atoms with Gasteiger partial charge in [-0.1, -0.05) is 30.7 Å². The molecule has 0 saturated heterocycles. The lowest BCUT2D eigenvalue weighted by atomic mass is 10.0. The van der Waals surface area contributed by atoms with Crippen LogP contribution in [0.25, 0.3) is 0 Å². The van der Waals surface area contributed by atoms with E-state index in [9.17, 15) is 0 Å². The molecule has 0 unspecified atom stereocenters. The van der Waals surface area contributed by atoms with E-state index in [0.29, 0.717) is 10.8 Å².